The Labute approximate surface area is 173 Å². The molecule has 3 rings (SSSR count). The summed E-state index contributed by atoms with van der Waals surface area (Å²) in [6, 6.07) is 1.50. The molecule has 2 aromatic rings. The maximum atomic E-state index is 11.6. The van der Waals surface area contributed by atoms with Crippen LogP contribution in [0.2, 0.25) is 5.02 Å². The van der Waals surface area contributed by atoms with E-state index in [1.165, 1.54) is 6.33 Å². The molecule has 1 amide bonds. The Morgan fingerprint density at radius 2 is 2.24 bits per heavy atom. The van der Waals surface area contributed by atoms with Crippen molar-refractivity contribution in [3.05, 3.63) is 39.7 Å². The van der Waals surface area contributed by atoms with Crippen molar-refractivity contribution < 1.29 is 14.3 Å². The number of nitrogens with one attached hydrogen (secondary N) is 3. The number of rotatable bonds is 6. The third-order valence-electron chi connectivity index (χ3n) is 4.83. The van der Waals surface area contributed by atoms with Gasteiger partial charge in [0, 0.05) is 21.9 Å². The highest BCUT2D eigenvalue weighted by molar-refractivity contribution is 6.31. The number of anilines is 2. The van der Waals surface area contributed by atoms with Crippen molar-refractivity contribution in [3.8, 4) is 5.75 Å². The van der Waals surface area contributed by atoms with Gasteiger partial charge in [0.2, 0.25) is 0 Å². The lowest BCUT2D eigenvalue weighted by atomic mass is 9.95. The number of nitrogens with zero attached hydrogens (tertiary/aromatic N) is 2. The number of carbonyl (C=O) groups is 1. The molecule has 0 radical (unpaired) electrons. The Morgan fingerprint density at radius 3 is 2.83 bits per heavy atom. The number of benzene rings is 1. The van der Waals surface area contributed by atoms with E-state index in [1.807, 2.05) is 19.9 Å². The highest BCUT2D eigenvalue weighted by Crippen LogP contribution is 2.42. The van der Waals surface area contributed by atoms with Gasteiger partial charge in [0.15, 0.2) is 0 Å². The van der Waals surface area contributed by atoms with E-state index in [4.69, 9.17) is 32.2 Å². The summed E-state index contributed by atoms with van der Waals surface area (Å²) in [6.07, 6.45) is 0.355. The maximum Gasteiger partial charge on any atom is 0.407 e. The molecule has 10 heteroatoms. The number of carbonyl (C=O) groups excluding carboxylic acids is 1. The van der Waals surface area contributed by atoms with Crippen LogP contribution in [0.15, 0.2) is 12.4 Å². The van der Waals surface area contributed by atoms with Gasteiger partial charge < -0.3 is 31.3 Å². The molecule has 1 aromatic heterocycles. The number of amides is 1. The Kier molecular flexibility index (Phi) is 5.78. The van der Waals surface area contributed by atoms with Crippen LogP contribution >= 0.6 is 11.6 Å². The lowest BCUT2D eigenvalue weighted by Crippen LogP contribution is -2.17. The number of methoxy groups -OCH3 is 1. The third-order valence-corrected chi connectivity index (χ3v) is 5.22. The first-order chi connectivity index (χ1) is 13.7. The summed E-state index contributed by atoms with van der Waals surface area (Å²) in [5.74, 6) is 1.23. The zero-order valence-corrected chi connectivity index (χ0v) is 17.3. The largest absolute Gasteiger partial charge is 0.496 e. The number of halogens is 1. The minimum Gasteiger partial charge on any atom is -0.496 e. The second-order valence-electron chi connectivity index (χ2n) is 6.77. The predicted molar refractivity (Wildman–Crippen MR) is 111 cm³/mol. The lowest BCUT2D eigenvalue weighted by Gasteiger charge is -2.24. The van der Waals surface area contributed by atoms with Crippen LogP contribution in [0.25, 0.3) is 0 Å². The lowest BCUT2D eigenvalue weighted by molar-refractivity contribution is 0.139. The normalized spacial score (nSPS) is 16.7. The fraction of sp³-hybridized carbons (Fsp3) is 0.368. The third kappa shape index (κ3) is 3.91. The first-order valence-corrected chi connectivity index (χ1v) is 9.36. The number of ether oxygens (including phenoxy) is 2. The molecule has 1 aliphatic rings. The molecule has 29 heavy (non-hydrogen) atoms. The molecule has 1 aromatic carbocycles. The van der Waals surface area contributed by atoms with E-state index in [0.717, 1.165) is 11.1 Å². The minimum absolute atomic E-state index is 0.223. The topological polar surface area (TPSA) is 135 Å². The van der Waals surface area contributed by atoms with Crippen LogP contribution in [0.1, 0.15) is 48.2 Å². The molecule has 9 nitrogen and oxygen atoms in total. The maximum absolute atomic E-state index is 11.6. The van der Waals surface area contributed by atoms with Crippen LogP contribution in [0, 0.1) is 12.3 Å². The Morgan fingerprint density at radius 1 is 1.52 bits per heavy atom. The van der Waals surface area contributed by atoms with Crippen LogP contribution in [-0.2, 0) is 4.74 Å². The SMILES string of the molecule is COc1c(C(C)Nc2ncnc(N)c2C(C)=N)cc(Cl)c(C)c1C1CNC(=O)O1. The van der Waals surface area contributed by atoms with E-state index in [2.05, 4.69) is 20.6 Å². The number of hydrogen-bond donors (Lipinski definition) is 4. The van der Waals surface area contributed by atoms with Gasteiger partial charge in [-0.2, -0.15) is 0 Å². The quantitative estimate of drug-likeness (QED) is 0.528. The average Bonchev–Trinajstić information content (AvgIpc) is 3.08. The van der Waals surface area contributed by atoms with Gasteiger partial charge >= 0.3 is 6.09 Å². The van der Waals surface area contributed by atoms with Gasteiger partial charge in [-0.15, -0.1) is 0 Å². The number of aromatic nitrogens is 2. The molecule has 2 atom stereocenters. The summed E-state index contributed by atoms with van der Waals surface area (Å²) in [5.41, 5.74) is 8.86. The summed E-state index contributed by atoms with van der Waals surface area (Å²) in [4.78, 5) is 19.7. The van der Waals surface area contributed by atoms with Crippen LogP contribution < -0.4 is 21.1 Å². The first kappa shape index (κ1) is 20.7. The fourth-order valence-electron chi connectivity index (χ4n) is 3.41. The van der Waals surface area contributed by atoms with Crippen molar-refractivity contribution in [1.82, 2.24) is 15.3 Å². The molecule has 0 saturated carbocycles. The van der Waals surface area contributed by atoms with E-state index in [9.17, 15) is 4.79 Å². The zero-order chi connectivity index (χ0) is 21.3. The summed E-state index contributed by atoms with van der Waals surface area (Å²) in [6.45, 7) is 5.72. The minimum atomic E-state index is -0.504. The van der Waals surface area contributed by atoms with Crippen molar-refractivity contribution in [2.75, 3.05) is 24.7 Å². The first-order valence-electron chi connectivity index (χ1n) is 8.98. The second kappa shape index (κ2) is 8.12. The number of nitrogens with two attached hydrogens (primary N) is 1. The summed E-state index contributed by atoms with van der Waals surface area (Å²) >= 11 is 6.49. The van der Waals surface area contributed by atoms with Crippen molar-refractivity contribution in [3.63, 3.8) is 0 Å². The summed E-state index contributed by atoms with van der Waals surface area (Å²) in [7, 11) is 1.56. The predicted octanol–water partition coefficient (Wildman–Crippen LogP) is 3.37. The Bertz CT molecular complexity index is 981. The molecule has 0 bridgehead atoms. The summed E-state index contributed by atoms with van der Waals surface area (Å²) in [5, 5.41) is 14.4. The van der Waals surface area contributed by atoms with E-state index in [1.54, 1.807) is 14.0 Å². The highest BCUT2D eigenvalue weighted by atomic mass is 35.5. The Hall–Kier alpha value is -3.07. The standard InChI is InChI=1S/C19H23ClN6O3/c1-8-12(20)5-11(16(28-4)14(8)13-6-23-19(27)29-13)10(3)26-18-15(9(2)21)17(22)24-7-25-18/h5,7,10,13,21H,6H2,1-4H3,(H,23,27)(H3,22,24,25,26). The molecule has 0 aliphatic carbocycles. The Balaban J connectivity index is 2.05. The highest BCUT2D eigenvalue weighted by Gasteiger charge is 2.32. The molecule has 1 fully saturated rings. The number of cyclic esters (lactones) is 1. The molecule has 0 spiro atoms. The van der Waals surface area contributed by atoms with E-state index < -0.39 is 12.2 Å². The van der Waals surface area contributed by atoms with Gasteiger partial charge in [0.05, 0.1) is 25.3 Å². The van der Waals surface area contributed by atoms with Gasteiger partial charge in [-0.1, -0.05) is 11.6 Å². The van der Waals surface area contributed by atoms with Gasteiger partial charge in [0.25, 0.3) is 0 Å². The van der Waals surface area contributed by atoms with Gasteiger partial charge in [-0.3, -0.25) is 0 Å². The molecular formula is C19H23ClN6O3. The van der Waals surface area contributed by atoms with Gasteiger partial charge in [0.1, 0.15) is 29.8 Å². The fourth-order valence-corrected chi connectivity index (χ4v) is 3.63. The van der Waals surface area contributed by atoms with E-state index in [-0.39, 0.29) is 17.6 Å². The van der Waals surface area contributed by atoms with Crippen LogP contribution in [0.4, 0.5) is 16.4 Å². The number of hydrogen-bond acceptors (Lipinski definition) is 8. The van der Waals surface area contributed by atoms with Crippen LogP contribution in [0.3, 0.4) is 0 Å². The zero-order valence-electron chi connectivity index (χ0n) is 16.6. The van der Waals surface area contributed by atoms with Crippen molar-refractivity contribution >= 4 is 35.0 Å². The van der Waals surface area contributed by atoms with Gasteiger partial charge in [-0.25, -0.2) is 14.8 Å². The van der Waals surface area contributed by atoms with Gasteiger partial charge in [-0.05, 0) is 32.4 Å². The van der Waals surface area contributed by atoms with Crippen LogP contribution in [-0.4, -0.2) is 35.4 Å². The second-order valence-corrected chi connectivity index (χ2v) is 7.18. The smallest absolute Gasteiger partial charge is 0.407 e. The molecular weight excluding hydrogens is 396 g/mol. The van der Waals surface area contributed by atoms with Crippen molar-refractivity contribution in [1.29, 1.82) is 5.41 Å². The van der Waals surface area contributed by atoms with E-state index >= 15 is 0 Å². The molecule has 1 aliphatic heterocycles. The number of alkyl carbamates (subject to hydrolysis) is 1. The number of nitrogen functional groups attached to an aromatic ring is 1. The molecule has 1 saturated heterocycles. The molecule has 154 valence electrons. The monoisotopic (exact) mass is 418 g/mol. The molecule has 2 unspecified atom stereocenters. The van der Waals surface area contributed by atoms with Crippen molar-refractivity contribution in [2.45, 2.75) is 32.9 Å². The average molecular weight is 419 g/mol. The van der Waals surface area contributed by atoms with Crippen molar-refractivity contribution in [2.24, 2.45) is 0 Å². The molecule has 2 heterocycles. The van der Waals surface area contributed by atoms with Crippen LogP contribution in [0.5, 0.6) is 5.75 Å². The molecule has 5 N–H and O–H groups in total. The van der Waals surface area contributed by atoms with E-state index in [0.29, 0.717) is 34.3 Å². The summed E-state index contributed by atoms with van der Waals surface area (Å²) < 4.78 is 11.1.